The highest BCUT2D eigenvalue weighted by atomic mass is 32.2. The van der Waals surface area contributed by atoms with Gasteiger partial charge >= 0.3 is 11.9 Å². The zero-order chi connectivity index (χ0) is 17.8. The highest BCUT2D eigenvalue weighted by Crippen LogP contribution is 2.45. The second kappa shape index (κ2) is 7.31. The van der Waals surface area contributed by atoms with Gasteiger partial charge in [-0.2, -0.15) is 8.42 Å². The number of aliphatic carboxylic acids is 2. The van der Waals surface area contributed by atoms with Crippen LogP contribution in [-0.2, 0) is 23.9 Å². The molecule has 1 aliphatic carbocycles. The normalized spacial score (nSPS) is 20.4. The lowest BCUT2D eigenvalue weighted by Crippen LogP contribution is -2.44. The number of rotatable bonds is 7. The second-order valence-corrected chi connectivity index (χ2v) is 7.67. The summed E-state index contributed by atoms with van der Waals surface area (Å²) in [5.41, 5.74) is -1.22. The first-order valence-electron chi connectivity index (χ1n) is 7.67. The van der Waals surface area contributed by atoms with Crippen molar-refractivity contribution in [2.45, 2.75) is 49.5 Å². The van der Waals surface area contributed by atoms with Crippen LogP contribution in [0.15, 0.2) is 35.2 Å². The predicted octanol–water partition coefficient (Wildman–Crippen LogP) is 2.27. The van der Waals surface area contributed by atoms with Crippen LogP contribution in [0.3, 0.4) is 0 Å². The van der Waals surface area contributed by atoms with Crippen LogP contribution in [0.25, 0.3) is 0 Å². The molecule has 0 spiro atoms. The lowest BCUT2D eigenvalue weighted by Gasteiger charge is -2.41. The average Bonchev–Trinajstić information content (AvgIpc) is 2.49. The molecular weight excluding hydrogens is 336 g/mol. The van der Waals surface area contributed by atoms with E-state index in [0.29, 0.717) is 25.7 Å². The van der Waals surface area contributed by atoms with E-state index >= 15 is 0 Å². The van der Waals surface area contributed by atoms with Gasteiger partial charge in [-0.1, -0.05) is 31.0 Å². The second-order valence-electron chi connectivity index (χ2n) is 6.10. The Kier molecular flexibility index (Phi) is 5.61. The van der Waals surface area contributed by atoms with Gasteiger partial charge in [0.1, 0.15) is 0 Å². The predicted molar refractivity (Wildman–Crippen MR) is 83.9 cm³/mol. The quantitative estimate of drug-likeness (QED) is 0.719. The molecule has 0 saturated heterocycles. The van der Waals surface area contributed by atoms with Crippen LogP contribution >= 0.6 is 0 Å². The Labute approximate surface area is 140 Å². The van der Waals surface area contributed by atoms with E-state index in [2.05, 4.69) is 0 Å². The molecule has 1 aromatic rings. The van der Waals surface area contributed by atoms with Crippen molar-refractivity contribution < 1.29 is 32.4 Å². The minimum Gasteiger partial charge on any atom is -0.481 e. The Hall–Kier alpha value is -1.93. The average molecular weight is 356 g/mol. The lowest BCUT2D eigenvalue weighted by atomic mass is 9.67. The first-order chi connectivity index (χ1) is 11.3. The molecule has 1 atom stereocenters. The number of hydrogen-bond donors (Lipinski definition) is 2. The molecule has 2 N–H and O–H groups in total. The SMILES string of the molecule is O=C(O)CC1(CC(=O)O)CCCCC1OS(=O)(=O)c1ccccc1. The monoisotopic (exact) mass is 356 g/mol. The van der Waals surface area contributed by atoms with Gasteiger partial charge in [0.2, 0.25) is 0 Å². The smallest absolute Gasteiger partial charge is 0.304 e. The number of benzene rings is 1. The van der Waals surface area contributed by atoms with Gasteiger partial charge in [-0.3, -0.25) is 13.8 Å². The Morgan fingerprint density at radius 3 is 2.21 bits per heavy atom. The molecule has 132 valence electrons. The molecule has 0 heterocycles. The molecular formula is C16H20O7S. The minimum atomic E-state index is -4.09. The summed E-state index contributed by atoms with van der Waals surface area (Å²) in [6.45, 7) is 0. The third-order valence-electron chi connectivity index (χ3n) is 4.36. The van der Waals surface area contributed by atoms with Crippen molar-refractivity contribution in [1.29, 1.82) is 0 Å². The summed E-state index contributed by atoms with van der Waals surface area (Å²) in [7, 11) is -4.09. The van der Waals surface area contributed by atoms with Crippen molar-refractivity contribution in [3.8, 4) is 0 Å². The Balaban J connectivity index is 2.33. The summed E-state index contributed by atoms with van der Waals surface area (Å²) in [4.78, 5) is 22.4. The number of carboxylic acids is 2. The maximum absolute atomic E-state index is 12.4. The number of carbonyl (C=O) groups is 2. The number of carboxylic acid groups (broad SMARTS) is 2. The minimum absolute atomic E-state index is 0.0323. The Bertz CT molecular complexity index is 680. The van der Waals surface area contributed by atoms with Crippen LogP contribution < -0.4 is 0 Å². The van der Waals surface area contributed by atoms with E-state index in [1.807, 2.05) is 0 Å². The molecule has 1 unspecified atom stereocenters. The van der Waals surface area contributed by atoms with E-state index in [1.165, 1.54) is 12.1 Å². The van der Waals surface area contributed by atoms with Crippen molar-refractivity contribution in [3.05, 3.63) is 30.3 Å². The van der Waals surface area contributed by atoms with E-state index in [1.54, 1.807) is 18.2 Å². The van der Waals surface area contributed by atoms with Crippen LogP contribution in [0.2, 0.25) is 0 Å². The molecule has 1 aliphatic rings. The summed E-state index contributed by atoms with van der Waals surface area (Å²) in [6, 6.07) is 7.54. The summed E-state index contributed by atoms with van der Waals surface area (Å²) in [6.07, 6.45) is 0.0843. The van der Waals surface area contributed by atoms with Gasteiger partial charge in [0.15, 0.2) is 0 Å². The highest BCUT2D eigenvalue weighted by Gasteiger charge is 2.47. The van der Waals surface area contributed by atoms with Gasteiger partial charge in [-0.05, 0) is 25.0 Å². The molecule has 2 rings (SSSR count). The molecule has 0 aliphatic heterocycles. The largest absolute Gasteiger partial charge is 0.481 e. The van der Waals surface area contributed by atoms with E-state index < -0.39 is 46.4 Å². The summed E-state index contributed by atoms with van der Waals surface area (Å²) in [5.74, 6) is -2.33. The standard InChI is InChI=1S/C16H20O7S/c17-14(18)10-16(11-15(19)20)9-5-4-8-13(16)23-24(21,22)12-6-2-1-3-7-12/h1-3,6-7,13H,4-5,8-11H2,(H,17,18)(H,19,20). The van der Waals surface area contributed by atoms with Gasteiger partial charge in [-0.25, -0.2) is 0 Å². The first kappa shape index (κ1) is 18.4. The van der Waals surface area contributed by atoms with Gasteiger partial charge in [0.05, 0.1) is 23.8 Å². The molecule has 0 bridgehead atoms. The van der Waals surface area contributed by atoms with E-state index in [9.17, 15) is 28.2 Å². The topological polar surface area (TPSA) is 118 Å². The lowest BCUT2D eigenvalue weighted by molar-refractivity contribution is -0.149. The molecule has 7 nitrogen and oxygen atoms in total. The van der Waals surface area contributed by atoms with Crippen molar-refractivity contribution in [3.63, 3.8) is 0 Å². The molecule has 24 heavy (non-hydrogen) atoms. The van der Waals surface area contributed by atoms with Crippen molar-refractivity contribution >= 4 is 22.1 Å². The maximum atomic E-state index is 12.4. The van der Waals surface area contributed by atoms with E-state index in [-0.39, 0.29) is 4.90 Å². The van der Waals surface area contributed by atoms with Crippen LogP contribution in [0.1, 0.15) is 38.5 Å². The third-order valence-corrected chi connectivity index (χ3v) is 5.69. The fourth-order valence-electron chi connectivity index (χ4n) is 3.29. The Morgan fingerprint density at radius 2 is 1.67 bits per heavy atom. The van der Waals surface area contributed by atoms with Gasteiger partial charge in [-0.15, -0.1) is 0 Å². The maximum Gasteiger partial charge on any atom is 0.304 e. The van der Waals surface area contributed by atoms with Crippen molar-refractivity contribution in [2.75, 3.05) is 0 Å². The molecule has 1 fully saturated rings. The van der Waals surface area contributed by atoms with Gasteiger partial charge in [0.25, 0.3) is 10.1 Å². The molecule has 0 amide bonds. The van der Waals surface area contributed by atoms with Crippen LogP contribution in [0.5, 0.6) is 0 Å². The van der Waals surface area contributed by atoms with Crippen LogP contribution in [-0.4, -0.2) is 36.7 Å². The fourth-order valence-corrected chi connectivity index (χ4v) is 4.50. The molecule has 1 aromatic carbocycles. The molecule has 0 radical (unpaired) electrons. The zero-order valence-corrected chi connectivity index (χ0v) is 13.9. The van der Waals surface area contributed by atoms with E-state index in [0.717, 1.165) is 0 Å². The Morgan fingerprint density at radius 1 is 1.08 bits per heavy atom. The van der Waals surface area contributed by atoms with Crippen LogP contribution in [0, 0.1) is 5.41 Å². The van der Waals surface area contributed by atoms with E-state index in [4.69, 9.17) is 4.18 Å². The zero-order valence-electron chi connectivity index (χ0n) is 13.1. The molecule has 8 heteroatoms. The first-order valence-corrected chi connectivity index (χ1v) is 9.08. The van der Waals surface area contributed by atoms with Crippen molar-refractivity contribution in [1.82, 2.24) is 0 Å². The summed E-state index contributed by atoms with van der Waals surface area (Å²) < 4.78 is 30.2. The molecule has 1 saturated carbocycles. The summed E-state index contributed by atoms with van der Waals surface area (Å²) >= 11 is 0. The van der Waals surface area contributed by atoms with Gasteiger partial charge < -0.3 is 10.2 Å². The number of hydrogen-bond acceptors (Lipinski definition) is 5. The van der Waals surface area contributed by atoms with Crippen molar-refractivity contribution in [2.24, 2.45) is 5.41 Å². The molecule has 0 aromatic heterocycles. The van der Waals surface area contributed by atoms with Crippen LogP contribution in [0.4, 0.5) is 0 Å². The highest BCUT2D eigenvalue weighted by molar-refractivity contribution is 7.86. The summed E-state index contributed by atoms with van der Waals surface area (Å²) in [5, 5.41) is 18.4. The fraction of sp³-hybridized carbons (Fsp3) is 0.500. The van der Waals surface area contributed by atoms with Gasteiger partial charge in [0, 0.05) is 5.41 Å². The third kappa shape index (κ3) is 4.33.